The first kappa shape index (κ1) is 13.6. The number of ether oxygens (including phenoxy) is 2. The molecule has 0 radical (unpaired) electrons. The summed E-state index contributed by atoms with van der Waals surface area (Å²) in [6.45, 7) is 7.35. The highest BCUT2D eigenvalue weighted by Gasteiger charge is 2.30. The van der Waals surface area contributed by atoms with Crippen molar-refractivity contribution >= 4 is 5.97 Å². The Bertz CT molecular complexity index is 338. The third-order valence-electron chi connectivity index (χ3n) is 3.68. The highest BCUT2D eigenvalue weighted by molar-refractivity contribution is 5.70. The minimum atomic E-state index is -0.117. The van der Waals surface area contributed by atoms with Crippen molar-refractivity contribution in [3.63, 3.8) is 0 Å². The summed E-state index contributed by atoms with van der Waals surface area (Å²) in [5.74, 6) is -0.117. The Morgan fingerprint density at radius 3 is 2.94 bits per heavy atom. The van der Waals surface area contributed by atoms with Gasteiger partial charge in [-0.3, -0.25) is 4.79 Å². The predicted octanol–water partition coefficient (Wildman–Crippen LogP) is 3.23. The van der Waals surface area contributed by atoms with Gasteiger partial charge in [0.05, 0.1) is 12.5 Å². The molecule has 0 aromatic carbocycles. The Labute approximate surface area is 110 Å². The van der Waals surface area contributed by atoms with Crippen LogP contribution in [0.3, 0.4) is 0 Å². The maximum atomic E-state index is 11.9. The summed E-state index contributed by atoms with van der Waals surface area (Å²) in [4.78, 5) is 11.9. The Kier molecular flexibility index (Phi) is 4.10. The van der Waals surface area contributed by atoms with Crippen molar-refractivity contribution in [2.24, 2.45) is 5.41 Å². The lowest BCUT2D eigenvalue weighted by Gasteiger charge is -2.33. The molecule has 3 nitrogen and oxygen atoms in total. The smallest absolute Gasteiger partial charge is 0.309 e. The van der Waals surface area contributed by atoms with Crippen LogP contribution in [0.5, 0.6) is 0 Å². The van der Waals surface area contributed by atoms with Crippen molar-refractivity contribution < 1.29 is 14.3 Å². The molecular weight excluding hydrogens is 228 g/mol. The average Bonchev–Trinajstić information content (AvgIpc) is 2.66. The van der Waals surface area contributed by atoms with Gasteiger partial charge in [0.25, 0.3) is 0 Å². The Balaban J connectivity index is 1.84. The number of rotatable bonds is 3. The van der Waals surface area contributed by atoms with Crippen LogP contribution in [-0.4, -0.2) is 24.8 Å². The van der Waals surface area contributed by atoms with Crippen LogP contribution in [0.2, 0.25) is 0 Å². The second-order valence-electron chi connectivity index (χ2n) is 6.43. The summed E-state index contributed by atoms with van der Waals surface area (Å²) in [6.07, 6.45) is 6.59. The molecule has 0 spiro atoms. The molecular formula is C15H24O3. The van der Waals surface area contributed by atoms with Gasteiger partial charge < -0.3 is 9.47 Å². The molecule has 1 heterocycles. The average molecular weight is 252 g/mol. The van der Waals surface area contributed by atoms with E-state index in [1.807, 2.05) is 0 Å². The molecule has 102 valence electrons. The first-order valence-corrected chi connectivity index (χ1v) is 6.93. The van der Waals surface area contributed by atoms with Crippen LogP contribution in [0.15, 0.2) is 11.6 Å². The van der Waals surface area contributed by atoms with E-state index < -0.39 is 0 Å². The van der Waals surface area contributed by atoms with E-state index in [0.29, 0.717) is 6.42 Å². The lowest BCUT2D eigenvalue weighted by atomic mass is 9.76. The van der Waals surface area contributed by atoms with E-state index in [1.165, 1.54) is 5.57 Å². The fraction of sp³-hybridized carbons (Fsp3) is 0.800. The van der Waals surface area contributed by atoms with Gasteiger partial charge >= 0.3 is 5.97 Å². The van der Waals surface area contributed by atoms with Gasteiger partial charge in [-0.1, -0.05) is 19.4 Å². The molecule has 2 atom stereocenters. The quantitative estimate of drug-likeness (QED) is 0.571. The summed E-state index contributed by atoms with van der Waals surface area (Å²) in [7, 11) is 0. The Morgan fingerprint density at radius 2 is 2.33 bits per heavy atom. The highest BCUT2D eigenvalue weighted by atomic mass is 16.5. The molecule has 2 unspecified atom stereocenters. The van der Waals surface area contributed by atoms with Gasteiger partial charge in [0, 0.05) is 6.61 Å². The van der Waals surface area contributed by atoms with Gasteiger partial charge in [0.1, 0.15) is 6.10 Å². The minimum Gasteiger partial charge on any atom is -0.458 e. The van der Waals surface area contributed by atoms with Crippen molar-refractivity contribution in [1.82, 2.24) is 0 Å². The molecule has 2 aliphatic rings. The number of hydrogen-bond donors (Lipinski definition) is 0. The van der Waals surface area contributed by atoms with E-state index in [1.54, 1.807) is 0 Å². The molecule has 0 amide bonds. The summed E-state index contributed by atoms with van der Waals surface area (Å²) in [5.41, 5.74) is 1.55. The molecule has 18 heavy (non-hydrogen) atoms. The van der Waals surface area contributed by atoms with Crippen LogP contribution in [0.25, 0.3) is 0 Å². The zero-order valence-electron chi connectivity index (χ0n) is 11.7. The van der Waals surface area contributed by atoms with Gasteiger partial charge in [-0.25, -0.2) is 0 Å². The fourth-order valence-corrected chi connectivity index (χ4v) is 3.09. The lowest BCUT2D eigenvalue weighted by molar-refractivity contribution is -0.150. The number of hydrogen-bond acceptors (Lipinski definition) is 3. The fourth-order valence-electron chi connectivity index (χ4n) is 3.09. The van der Waals surface area contributed by atoms with Crippen molar-refractivity contribution in [2.45, 2.75) is 65.1 Å². The first-order valence-electron chi connectivity index (χ1n) is 6.93. The predicted molar refractivity (Wildman–Crippen MR) is 70.2 cm³/mol. The molecule has 1 fully saturated rings. The van der Waals surface area contributed by atoms with Crippen LogP contribution in [-0.2, 0) is 14.3 Å². The van der Waals surface area contributed by atoms with Gasteiger partial charge in [0.2, 0.25) is 0 Å². The zero-order valence-corrected chi connectivity index (χ0v) is 11.7. The van der Waals surface area contributed by atoms with E-state index in [9.17, 15) is 4.79 Å². The number of allylic oxidation sites excluding steroid dienone is 1. The van der Waals surface area contributed by atoms with Crippen molar-refractivity contribution in [2.75, 3.05) is 6.61 Å². The van der Waals surface area contributed by atoms with Crippen LogP contribution in [0.4, 0.5) is 0 Å². The highest BCUT2D eigenvalue weighted by Crippen LogP contribution is 2.36. The lowest BCUT2D eigenvalue weighted by Crippen LogP contribution is -2.29. The Morgan fingerprint density at radius 1 is 1.56 bits per heavy atom. The minimum absolute atomic E-state index is 0.0531. The van der Waals surface area contributed by atoms with Crippen LogP contribution in [0.1, 0.15) is 52.9 Å². The van der Waals surface area contributed by atoms with Gasteiger partial charge in [-0.15, -0.1) is 0 Å². The summed E-state index contributed by atoms with van der Waals surface area (Å²) >= 11 is 0. The molecule has 0 aromatic heterocycles. The van der Waals surface area contributed by atoms with Crippen LogP contribution >= 0.6 is 0 Å². The monoisotopic (exact) mass is 252 g/mol. The van der Waals surface area contributed by atoms with E-state index in [-0.39, 0.29) is 23.6 Å². The molecule has 0 N–H and O–H groups in total. The largest absolute Gasteiger partial charge is 0.458 e. The molecule has 1 aliphatic carbocycles. The van der Waals surface area contributed by atoms with E-state index in [0.717, 1.165) is 32.3 Å². The first-order chi connectivity index (χ1) is 8.44. The van der Waals surface area contributed by atoms with Crippen LogP contribution in [0, 0.1) is 5.41 Å². The Hall–Kier alpha value is -0.830. The van der Waals surface area contributed by atoms with E-state index in [2.05, 4.69) is 26.8 Å². The normalized spacial score (nSPS) is 30.9. The molecule has 0 bridgehead atoms. The maximum Gasteiger partial charge on any atom is 0.309 e. The molecule has 2 rings (SSSR count). The third kappa shape index (κ3) is 3.84. The molecule has 3 heteroatoms. The molecule has 1 saturated heterocycles. The summed E-state index contributed by atoms with van der Waals surface area (Å²) in [5, 5.41) is 0. The van der Waals surface area contributed by atoms with Crippen LogP contribution < -0.4 is 0 Å². The summed E-state index contributed by atoms with van der Waals surface area (Å²) in [6, 6.07) is 0. The maximum absolute atomic E-state index is 11.9. The van der Waals surface area contributed by atoms with E-state index in [4.69, 9.17) is 9.47 Å². The number of carbonyl (C=O) groups excluding carboxylic acids is 1. The van der Waals surface area contributed by atoms with Crippen molar-refractivity contribution in [1.29, 1.82) is 0 Å². The number of esters is 1. The molecule has 0 aromatic rings. The topological polar surface area (TPSA) is 35.5 Å². The second-order valence-corrected chi connectivity index (χ2v) is 6.43. The van der Waals surface area contributed by atoms with Gasteiger partial charge in [-0.2, -0.15) is 0 Å². The van der Waals surface area contributed by atoms with Gasteiger partial charge in [-0.05, 0) is 44.1 Å². The zero-order chi connectivity index (χ0) is 13.2. The summed E-state index contributed by atoms with van der Waals surface area (Å²) < 4.78 is 11.0. The van der Waals surface area contributed by atoms with E-state index >= 15 is 0 Å². The number of carbonyl (C=O) groups is 1. The SMILES string of the molecule is CC1=CC(OC(=O)CC2CCCO2)CC(C)(C)C1. The molecule has 0 saturated carbocycles. The van der Waals surface area contributed by atoms with Gasteiger partial charge in [0.15, 0.2) is 0 Å². The van der Waals surface area contributed by atoms with Crippen molar-refractivity contribution in [3.05, 3.63) is 11.6 Å². The third-order valence-corrected chi connectivity index (χ3v) is 3.68. The second kappa shape index (κ2) is 5.43. The standard InChI is InChI=1S/C15H24O3/c1-11-7-13(10-15(2,3)9-11)18-14(16)8-12-5-4-6-17-12/h7,12-13H,4-6,8-10H2,1-3H3. The molecule has 1 aliphatic heterocycles. The van der Waals surface area contributed by atoms with Crippen molar-refractivity contribution in [3.8, 4) is 0 Å².